The maximum absolute atomic E-state index is 13.8. The number of amides is 2. The fraction of sp³-hybridized carbons (Fsp3) is 0.286. The molecule has 5 aliphatic rings. The van der Waals surface area contributed by atoms with Crippen molar-refractivity contribution in [1.29, 1.82) is 0 Å². The zero-order valence-corrected chi connectivity index (χ0v) is 81.8. The number of sulfonamides is 2. The van der Waals surface area contributed by atoms with Gasteiger partial charge in [-0.1, -0.05) is 132 Å². The van der Waals surface area contributed by atoms with E-state index in [9.17, 15) is 75.6 Å². The quantitative estimate of drug-likeness (QED) is 0.0206. The second kappa shape index (κ2) is 44.2. The molecule has 0 radical (unpaired) electrons. The molecule has 2 amide bonds. The maximum Gasteiger partial charge on any atom is 0.355 e. The molecule has 1 aliphatic carbocycles. The first-order valence-corrected chi connectivity index (χ1v) is 50.0. The molecule has 7 heterocycles. The van der Waals surface area contributed by atoms with Crippen LogP contribution < -0.4 is 62.2 Å². The van der Waals surface area contributed by atoms with Crippen LogP contribution in [0.15, 0.2) is 220 Å². The summed E-state index contributed by atoms with van der Waals surface area (Å²) in [4.78, 5) is 104. The number of carboxylic acid groups (broad SMARTS) is 5. The van der Waals surface area contributed by atoms with Crippen LogP contribution in [0.4, 0.5) is 0 Å². The standard InChI is InChI=1S/C28H23NO7.C27H24N2O8S.C27H29NO6S.C23H27ClN2O6S/c1-2-17-12-23-24(36-15-35-23)13-19(17)14-29-22-9-4-3-8-20(22)26(30)21(25(29)28(33)34)11-16-6-5-7-18(10-16)27(31)32;1-15-4-9-24(23(10-15)35-3)38(33,34)28-26(30)25(16-6-8-21-22(12-16)37-14-36-21)19-13-29(2)20-11-17(27(31)32)5-7-18(19)20;1-4-7-20-8-5-6-9-23(20)34-26(21-12-15-24-25(16-21)33-17-32-24)27(29)28-35(30,31)22-13-10-19(11-14-22)18(2)3;1-2-3-19-25-22(33-15-6-4-13(5-7-15)8-20(27)28)21(23(29)30)26(19)11-14-9-17-18(10-16(14)24)32-12-31-17/h3-10,12-13H,2,11,14-15H2,1H3,(H,31,32)(H,33,34);4-13,25H,14H2,1-3H3,(H,28,30)(H,31,32);5-6,8-16,18,26H,4,7,17H2,1-3H3,(H,28,29);9-10,13,15H,2-8,11-12H2,1H3,(H,27,28)(H,29,30)/t;25-;;/m.0../s1. The molecule has 4 aliphatic heterocycles. The number of aromatic nitrogens is 4. The second-order valence-corrected chi connectivity index (χ2v) is 39.6. The lowest BCUT2D eigenvalue weighted by molar-refractivity contribution is -0.138. The Kier molecular flexibility index (Phi) is 31.6. The van der Waals surface area contributed by atoms with Gasteiger partial charge in [0, 0.05) is 82.8 Å². The van der Waals surface area contributed by atoms with Crippen LogP contribution in [0.2, 0.25) is 5.02 Å². The summed E-state index contributed by atoms with van der Waals surface area (Å²) in [7, 11) is -5.36. The SMILES string of the molecule is CCCc1ccccc1OC(C(=O)NS(=O)(=O)c1ccc(C(C)C)cc1)c1ccc2c(c1)OCO2.CCCc1nc(SC2CCC(CC(=O)O)CC2)c(C(=O)O)n1Cc1cc2c(cc1Cl)OCO2.CCc1cc2c(cc1Cn1c(C(=O)O)c(Cc3cccc(C(=O)O)c3)c(=O)c3ccccc31)OCO2.COc1cc(C)ccc1S(=O)(=O)NC(=O)[C@@H](c1ccc2c(c1)OCO2)c1cn(C)c2cc(C(=O)O)ccc12. The second-order valence-electron chi connectivity index (χ2n) is 34.6. The van der Waals surface area contributed by atoms with E-state index in [1.165, 1.54) is 61.3 Å². The Morgan fingerprint density at radius 2 is 1.10 bits per heavy atom. The van der Waals surface area contributed by atoms with Gasteiger partial charge in [0.15, 0.2) is 57.1 Å². The van der Waals surface area contributed by atoms with Crippen LogP contribution in [0.5, 0.6) is 57.5 Å². The highest BCUT2D eigenvalue weighted by atomic mass is 35.5. The van der Waals surface area contributed by atoms with Crippen molar-refractivity contribution in [3.05, 3.63) is 305 Å². The Morgan fingerprint density at radius 1 is 0.528 bits per heavy atom. The molecule has 18 rings (SSSR count). The number of halogens is 1. The average Bonchev–Trinajstić information content (AvgIpc) is 1.51. The molecule has 0 spiro atoms. The predicted octanol–water partition coefficient (Wildman–Crippen LogP) is 18.1. The number of carbonyl (C=O) groups is 7. The summed E-state index contributed by atoms with van der Waals surface area (Å²) in [5.74, 6) is -1.73. The van der Waals surface area contributed by atoms with Gasteiger partial charge in [-0.2, -0.15) is 0 Å². The fourth-order valence-corrected chi connectivity index (χ4v) is 21.2. The van der Waals surface area contributed by atoms with Gasteiger partial charge in [0.2, 0.25) is 39.2 Å². The smallest absolute Gasteiger partial charge is 0.355 e. The van der Waals surface area contributed by atoms with Gasteiger partial charge >= 0.3 is 29.8 Å². The van der Waals surface area contributed by atoms with E-state index in [4.69, 9.17) is 69.1 Å². The first kappa shape index (κ1) is 101. The van der Waals surface area contributed by atoms with Crippen molar-refractivity contribution in [2.75, 3.05) is 34.3 Å². The molecule has 3 aromatic heterocycles. The van der Waals surface area contributed by atoms with Crippen LogP contribution in [0.1, 0.15) is 206 Å². The van der Waals surface area contributed by atoms with Gasteiger partial charge in [-0.25, -0.2) is 50.4 Å². The molecule has 0 bridgehead atoms. The Morgan fingerprint density at radius 3 is 1.72 bits per heavy atom. The number of nitrogens with one attached hydrogen (secondary N) is 2. The zero-order chi connectivity index (χ0) is 101. The van der Waals surface area contributed by atoms with E-state index in [-0.39, 0.29) is 119 Å². The van der Waals surface area contributed by atoms with Crippen LogP contribution in [-0.2, 0) is 80.3 Å². The first-order valence-electron chi connectivity index (χ1n) is 45.7. The van der Waals surface area contributed by atoms with E-state index in [0.29, 0.717) is 125 Å². The zero-order valence-electron chi connectivity index (χ0n) is 78.6. The van der Waals surface area contributed by atoms with Crippen LogP contribution in [0.3, 0.4) is 0 Å². The highest BCUT2D eigenvalue weighted by molar-refractivity contribution is 8.00. The molecule has 1 unspecified atom stereocenters. The number of imidazole rings is 1. The Labute approximate surface area is 826 Å². The highest BCUT2D eigenvalue weighted by Crippen LogP contribution is 2.45. The molecule has 1 saturated carbocycles. The number of ether oxygens (including phenoxy) is 10. The van der Waals surface area contributed by atoms with Gasteiger partial charge in [-0.05, 0) is 223 Å². The minimum Gasteiger partial charge on any atom is -0.495 e. The maximum atomic E-state index is 13.8. The molecule has 10 aromatic carbocycles. The van der Waals surface area contributed by atoms with Crippen molar-refractivity contribution in [1.82, 2.24) is 28.1 Å². The van der Waals surface area contributed by atoms with Crippen molar-refractivity contribution in [3.8, 4) is 57.5 Å². The number of fused-ring (bicyclic) bond motifs is 6. The molecule has 740 valence electrons. The van der Waals surface area contributed by atoms with Gasteiger partial charge in [-0.15, -0.1) is 11.8 Å². The molecule has 33 nitrogen and oxygen atoms in total. The molecular formula is C105H103ClN6O27S3. The Balaban J connectivity index is 0.000000143. The van der Waals surface area contributed by atoms with Crippen molar-refractivity contribution in [2.24, 2.45) is 13.0 Å². The highest BCUT2D eigenvalue weighted by Gasteiger charge is 2.37. The third kappa shape index (κ3) is 23.0. The number of thioether (sulfide) groups is 1. The van der Waals surface area contributed by atoms with E-state index in [1.807, 2.05) is 58.0 Å². The van der Waals surface area contributed by atoms with Crippen LogP contribution in [-0.4, -0.2) is 142 Å². The number of aromatic carboxylic acids is 4. The summed E-state index contributed by atoms with van der Waals surface area (Å²) in [5, 5.41) is 50.4. The van der Waals surface area contributed by atoms with Crippen molar-refractivity contribution < 1.29 is 123 Å². The number of aryl methyl sites for hydroxylation is 5. The number of rotatable bonds is 32. The number of para-hydroxylation sites is 2. The largest absolute Gasteiger partial charge is 0.495 e. The lowest BCUT2D eigenvalue weighted by Crippen LogP contribution is -2.37. The normalized spacial score (nSPS) is 14.5. The predicted molar refractivity (Wildman–Crippen MR) is 526 cm³/mol. The van der Waals surface area contributed by atoms with E-state index in [1.54, 1.807) is 155 Å². The van der Waals surface area contributed by atoms with Crippen molar-refractivity contribution in [2.45, 2.75) is 163 Å². The molecule has 7 N–H and O–H groups in total. The number of methoxy groups -OCH3 is 1. The first-order chi connectivity index (χ1) is 68.1. The van der Waals surface area contributed by atoms with Crippen molar-refractivity contribution >= 4 is 107 Å². The molecule has 13 aromatic rings. The minimum absolute atomic E-state index is 0.00562. The van der Waals surface area contributed by atoms with E-state index in [0.717, 1.165) is 78.3 Å². The van der Waals surface area contributed by atoms with E-state index < -0.39 is 73.7 Å². The fourth-order valence-electron chi connectivity index (χ4n) is 17.6. The third-order valence-electron chi connectivity index (χ3n) is 24.7. The lowest BCUT2D eigenvalue weighted by Gasteiger charge is -2.26. The topological polar surface area (TPSA) is 450 Å². The molecule has 0 saturated heterocycles. The average molecular weight is 2010 g/mol. The number of hydrogen-bond donors (Lipinski definition) is 7. The number of nitrogens with zero attached hydrogens (tertiary/aromatic N) is 4. The summed E-state index contributed by atoms with van der Waals surface area (Å²) in [6.07, 6.45) is 7.83. The van der Waals surface area contributed by atoms with Gasteiger partial charge in [0.25, 0.3) is 26.0 Å². The molecule has 1 fully saturated rings. The van der Waals surface area contributed by atoms with E-state index in [2.05, 4.69) is 16.4 Å². The molecular weight excluding hydrogens is 1910 g/mol. The monoisotopic (exact) mass is 2010 g/mol. The third-order valence-corrected chi connectivity index (χ3v) is 29.1. The van der Waals surface area contributed by atoms with E-state index >= 15 is 0 Å². The molecule has 142 heavy (non-hydrogen) atoms. The Hall–Kier alpha value is -15.0. The van der Waals surface area contributed by atoms with Crippen molar-refractivity contribution in [3.63, 3.8) is 0 Å². The number of benzene rings is 10. The molecule has 2 atom stereocenters. The number of carbonyl (C=O) groups excluding carboxylic acids is 2. The van der Waals surface area contributed by atoms with Gasteiger partial charge in [0.1, 0.15) is 32.9 Å². The number of aliphatic carboxylic acids is 1. The number of hydrogen-bond acceptors (Lipinski definition) is 24. The van der Waals surface area contributed by atoms with Gasteiger partial charge in [-0.3, -0.25) is 19.2 Å². The lowest BCUT2D eigenvalue weighted by atomic mass is 9.87. The van der Waals surface area contributed by atoms with Crippen LogP contribution >= 0.6 is 23.4 Å². The summed E-state index contributed by atoms with van der Waals surface area (Å²) in [5.41, 5.74) is 8.23. The number of pyridine rings is 1. The summed E-state index contributed by atoms with van der Waals surface area (Å²) < 4.78 is 117. The summed E-state index contributed by atoms with van der Waals surface area (Å²) >= 11 is 7.97. The Bertz CT molecular complexity index is 7350. The van der Waals surface area contributed by atoms with Gasteiger partial charge < -0.3 is 86.6 Å². The minimum atomic E-state index is -4.32. The molecule has 37 heteroatoms. The van der Waals surface area contributed by atoms with Gasteiger partial charge in [0.05, 0.1) is 41.1 Å². The summed E-state index contributed by atoms with van der Waals surface area (Å²) in [6, 6.07) is 53.3. The number of carboxylic acids is 5. The van der Waals surface area contributed by atoms with Crippen LogP contribution in [0, 0.1) is 12.8 Å². The summed E-state index contributed by atoms with van der Waals surface area (Å²) in [6.45, 7) is 12.8. The van der Waals surface area contributed by atoms with Crippen LogP contribution in [0.25, 0.3) is 21.8 Å².